The van der Waals surface area contributed by atoms with Crippen molar-refractivity contribution in [2.75, 3.05) is 5.73 Å². The molecule has 3 nitrogen and oxygen atoms in total. The van der Waals surface area contributed by atoms with Crippen molar-refractivity contribution in [2.24, 2.45) is 7.05 Å². The molecule has 0 fully saturated rings. The Morgan fingerprint density at radius 1 is 1.15 bits per heavy atom. The lowest BCUT2D eigenvalue weighted by molar-refractivity contribution is 0.104. The number of nitrogens with zero attached hydrogens (tertiary/aromatic N) is 1. The van der Waals surface area contributed by atoms with Gasteiger partial charge < -0.3 is 10.3 Å². The number of aryl methyl sites for hydroxylation is 1. The van der Waals surface area contributed by atoms with Crippen LogP contribution in [0.1, 0.15) is 15.9 Å². The third kappa shape index (κ3) is 1.96. The van der Waals surface area contributed by atoms with Crippen LogP contribution < -0.4 is 5.73 Å². The van der Waals surface area contributed by atoms with Crippen LogP contribution in [0.2, 0.25) is 5.02 Å². The van der Waals surface area contributed by atoms with Crippen LogP contribution >= 0.6 is 11.6 Å². The average Bonchev–Trinajstić information content (AvgIpc) is 2.76. The molecule has 100 valence electrons. The Labute approximate surface area is 121 Å². The number of ketones is 1. The molecule has 1 heterocycles. The number of hydrogen-bond acceptors (Lipinski definition) is 2. The largest absolute Gasteiger partial charge is 0.398 e. The molecule has 0 aliphatic carbocycles. The van der Waals surface area contributed by atoms with Gasteiger partial charge in [-0.1, -0.05) is 29.8 Å². The Balaban J connectivity index is 2.21. The first-order valence-electron chi connectivity index (χ1n) is 6.21. The van der Waals surface area contributed by atoms with E-state index in [1.165, 1.54) is 0 Å². The standard InChI is InChI=1S/C16H13ClN2O/c1-19-9-13(11-7-6-10(17)8-15(11)19)16(20)12-4-2-3-5-14(12)18/h2-9H,18H2,1H3. The Morgan fingerprint density at radius 2 is 1.90 bits per heavy atom. The van der Waals surface area contributed by atoms with Gasteiger partial charge in [0.2, 0.25) is 0 Å². The molecule has 0 spiro atoms. The van der Waals surface area contributed by atoms with Crippen LogP contribution in [0.25, 0.3) is 10.9 Å². The normalized spacial score (nSPS) is 10.9. The predicted octanol–water partition coefficient (Wildman–Crippen LogP) is 3.64. The van der Waals surface area contributed by atoms with E-state index in [2.05, 4.69) is 0 Å². The molecule has 0 aliphatic rings. The fraction of sp³-hybridized carbons (Fsp3) is 0.0625. The highest BCUT2D eigenvalue weighted by atomic mass is 35.5. The molecule has 4 heteroatoms. The summed E-state index contributed by atoms with van der Waals surface area (Å²) in [4.78, 5) is 12.7. The molecular weight excluding hydrogens is 272 g/mol. The summed E-state index contributed by atoms with van der Waals surface area (Å²) in [7, 11) is 1.89. The number of fused-ring (bicyclic) bond motifs is 1. The lowest BCUT2D eigenvalue weighted by Gasteiger charge is -2.03. The molecule has 3 rings (SSSR count). The van der Waals surface area contributed by atoms with Crippen molar-refractivity contribution in [3.8, 4) is 0 Å². The molecule has 2 aromatic carbocycles. The van der Waals surface area contributed by atoms with E-state index in [4.69, 9.17) is 17.3 Å². The van der Waals surface area contributed by atoms with Gasteiger partial charge in [0.15, 0.2) is 5.78 Å². The molecule has 20 heavy (non-hydrogen) atoms. The van der Waals surface area contributed by atoms with Gasteiger partial charge in [-0.3, -0.25) is 4.79 Å². The summed E-state index contributed by atoms with van der Waals surface area (Å²) in [5, 5.41) is 1.53. The molecular formula is C16H13ClN2O. The maximum absolute atomic E-state index is 12.7. The van der Waals surface area contributed by atoms with Gasteiger partial charge in [0.25, 0.3) is 0 Å². The van der Waals surface area contributed by atoms with Crippen molar-refractivity contribution in [3.63, 3.8) is 0 Å². The van der Waals surface area contributed by atoms with Gasteiger partial charge in [0, 0.05) is 46.0 Å². The Bertz CT molecular complexity index is 820. The van der Waals surface area contributed by atoms with Crippen LogP contribution in [0.5, 0.6) is 0 Å². The molecule has 0 radical (unpaired) electrons. The number of carbonyl (C=O) groups excluding carboxylic acids is 1. The quantitative estimate of drug-likeness (QED) is 0.577. The van der Waals surface area contributed by atoms with Gasteiger partial charge in [0.1, 0.15) is 0 Å². The molecule has 0 amide bonds. The molecule has 0 saturated carbocycles. The second kappa shape index (κ2) is 4.69. The highest BCUT2D eigenvalue weighted by molar-refractivity contribution is 6.31. The van der Waals surface area contributed by atoms with Crippen LogP contribution in [-0.2, 0) is 7.05 Å². The van der Waals surface area contributed by atoms with Gasteiger partial charge in [-0.15, -0.1) is 0 Å². The molecule has 0 atom stereocenters. The topological polar surface area (TPSA) is 48.0 Å². The van der Waals surface area contributed by atoms with Crippen molar-refractivity contribution in [2.45, 2.75) is 0 Å². The van der Waals surface area contributed by atoms with E-state index in [1.54, 1.807) is 18.2 Å². The first kappa shape index (κ1) is 12.8. The van der Waals surface area contributed by atoms with E-state index in [9.17, 15) is 4.79 Å². The highest BCUT2D eigenvalue weighted by Gasteiger charge is 2.17. The van der Waals surface area contributed by atoms with E-state index in [0.717, 1.165) is 10.9 Å². The van der Waals surface area contributed by atoms with Crippen LogP contribution in [0.15, 0.2) is 48.7 Å². The van der Waals surface area contributed by atoms with Crippen molar-refractivity contribution in [1.82, 2.24) is 4.57 Å². The van der Waals surface area contributed by atoms with E-state index < -0.39 is 0 Å². The summed E-state index contributed by atoms with van der Waals surface area (Å²) >= 11 is 6.00. The number of hydrogen-bond donors (Lipinski definition) is 1. The maximum atomic E-state index is 12.7. The summed E-state index contributed by atoms with van der Waals surface area (Å²) in [5.74, 6) is -0.0731. The third-order valence-corrected chi connectivity index (χ3v) is 3.64. The summed E-state index contributed by atoms with van der Waals surface area (Å²) in [6.07, 6.45) is 1.82. The summed E-state index contributed by atoms with van der Waals surface area (Å²) in [6, 6.07) is 12.6. The number of anilines is 1. The van der Waals surface area contributed by atoms with Gasteiger partial charge in [-0.2, -0.15) is 0 Å². The lowest BCUT2D eigenvalue weighted by atomic mass is 10.0. The highest BCUT2D eigenvalue weighted by Crippen LogP contribution is 2.27. The minimum absolute atomic E-state index is 0.0731. The van der Waals surface area contributed by atoms with E-state index in [0.29, 0.717) is 21.8 Å². The Hall–Kier alpha value is -2.26. The van der Waals surface area contributed by atoms with E-state index >= 15 is 0 Å². The zero-order valence-corrected chi connectivity index (χ0v) is 11.7. The second-order valence-corrected chi connectivity index (χ2v) is 5.17. The smallest absolute Gasteiger partial charge is 0.197 e. The first-order valence-corrected chi connectivity index (χ1v) is 6.59. The van der Waals surface area contributed by atoms with Gasteiger partial charge in [-0.05, 0) is 24.3 Å². The number of halogens is 1. The third-order valence-electron chi connectivity index (χ3n) is 3.40. The maximum Gasteiger partial charge on any atom is 0.197 e. The van der Waals surface area contributed by atoms with Crippen LogP contribution in [0, 0.1) is 0 Å². The monoisotopic (exact) mass is 284 g/mol. The molecule has 0 aliphatic heterocycles. The average molecular weight is 285 g/mol. The zero-order valence-electron chi connectivity index (χ0n) is 10.9. The van der Waals surface area contributed by atoms with Crippen molar-refractivity contribution >= 4 is 34.0 Å². The fourth-order valence-corrected chi connectivity index (χ4v) is 2.55. The van der Waals surface area contributed by atoms with Crippen molar-refractivity contribution < 1.29 is 4.79 Å². The number of aromatic nitrogens is 1. The second-order valence-electron chi connectivity index (χ2n) is 4.73. The predicted molar refractivity (Wildman–Crippen MR) is 82.2 cm³/mol. The van der Waals surface area contributed by atoms with Gasteiger partial charge in [0.05, 0.1) is 0 Å². The molecule has 1 aromatic heterocycles. The summed E-state index contributed by atoms with van der Waals surface area (Å²) in [6.45, 7) is 0. The van der Waals surface area contributed by atoms with E-state index in [-0.39, 0.29) is 5.78 Å². The zero-order chi connectivity index (χ0) is 14.3. The lowest BCUT2D eigenvalue weighted by Crippen LogP contribution is -2.04. The number of rotatable bonds is 2. The number of benzene rings is 2. The molecule has 2 N–H and O–H groups in total. The number of nitrogens with two attached hydrogens (primary N) is 1. The minimum Gasteiger partial charge on any atom is -0.398 e. The number of carbonyl (C=O) groups is 1. The number of nitrogen functional groups attached to an aromatic ring is 1. The molecule has 0 unspecified atom stereocenters. The Kier molecular flexibility index (Phi) is 2.99. The summed E-state index contributed by atoms with van der Waals surface area (Å²) in [5.41, 5.74) is 8.46. The van der Waals surface area contributed by atoms with Crippen LogP contribution in [0.3, 0.4) is 0 Å². The van der Waals surface area contributed by atoms with Crippen LogP contribution in [0.4, 0.5) is 5.69 Å². The fourth-order valence-electron chi connectivity index (χ4n) is 2.39. The molecule has 0 bridgehead atoms. The van der Waals surface area contributed by atoms with Crippen LogP contribution in [-0.4, -0.2) is 10.4 Å². The number of para-hydroxylation sites is 1. The Morgan fingerprint density at radius 3 is 2.65 bits per heavy atom. The summed E-state index contributed by atoms with van der Waals surface area (Å²) < 4.78 is 1.90. The van der Waals surface area contributed by atoms with Crippen molar-refractivity contribution in [3.05, 3.63) is 64.8 Å². The molecule has 3 aromatic rings. The first-order chi connectivity index (χ1) is 9.58. The minimum atomic E-state index is -0.0731. The SMILES string of the molecule is Cn1cc(C(=O)c2ccccc2N)c2ccc(Cl)cc21. The van der Waals surface area contributed by atoms with Crippen molar-refractivity contribution in [1.29, 1.82) is 0 Å². The van der Waals surface area contributed by atoms with Gasteiger partial charge >= 0.3 is 0 Å². The van der Waals surface area contributed by atoms with Gasteiger partial charge in [-0.25, -0.2) is 0 Å². The molecule has 0 saturated heterocycles. The van der Waals surface area contributed by atoms with E-state index in [1.807, 2.05) is 42.1 Å².